The molecule has 0 radical (unpaired) electrons. The van der Waals surface area contributed by atoms with Gasteiger partial charge in [-0.05, 0) is 42.9 Å². The van der Waals surface area contributed by atoms with Crippen molar-refractivity contribution >= 4 is 16.1 Å². The normalized spacial score (nSPS) is 16.7. The number of likely N-dealkylation sites (tertiary alicyclic amines) is 1. The lowest BCUT2D eigenvalue weighted by Gasteiger charge is -2.31. The lowest BCUT2D eigenvalue weighted by atomic mass is 9.87. The second kappa shape index (κ2) is 7.74. The van der Waals surface area contributed by atoms with Crippen LogP contribution in [0.2, 0.25) is 0 Å². The van der Waals surface area contributed by atoms with Crippen LogP contribution in [0.3, 0.4) is 0 Å². The molecule has 2 rings (SSSR count). The van der Waals surface area contributed by atoms with Crippen LogP contribution in [0.4, 0.5) is 4.79 Å². The molecule has 1 amide bonds. The molecular weight excluding hydrogens is 340 g/mol. The molecule has 0 saturated carbocycles. The number of carbonyl (C=O) groups is 1. The van der Waals surface area contributed by atoms with E-state index in [1.165, 1.54) is 0 Å². The molecule has 6 nitrogen and oxygen atoms in total. The fourth-order valence-corrected chi connectivity index (χ4v) is 4.12. The van der Waals surface area contributed by atoms with Crippen LogP contribution in [0, 0.1) is 0 Å². The van der Waals surface area contributed by atoms with Crippen molar-refractivity contribution in [2.75, 3.05) is 19.7 Å². The number of amides is 1. The minimum absolute atomic E-state index is 0.0182. The van der Waals surface area contributed by atoms with E-state index < -0.39 is 10.0 Å². The van der Waals surface area contributed by atoms with Gasteiger partial charge in [-0.2, -0.15) is 0 Å². The van der Waals surface area contributed by atoms with Gasteiger partial charge in [-0.15, -0.1) is 0 Å². The van der Waals surface area contributed by atoms with Crippen molar-refractivity contribution in [1.29, 1.82) is 0 Å². The molecule has 25 heavy (non-hydrogen) atoms. The third-order valence-electron chi connectivity index (χ3n) is 4.37. The van der Waals surface area contributed by atoms with Gasteiger partial charge in [0.05, 0.1) is 11.5 Å². The Hall–Kier alpha value is -1.60. The maximum Gasteiger partial charge on any atom is 0.409 e. The number of nitrogens with one attached hydrogen (secondary N) is 1. The molecular formula is C18H28N2O4S. The summed E-state index contributed by atoms with van der Waals surface area (Å²) in [4.78, 5) is 13.6. The van der Waals surface area contributed by atoms with E-state index in [4.69, 9.17) is 4.74 Å². The Morgan fingerprint density at radius 1 is 1.20 bits per heavy atom. The summed E-state index contributed by atoms with van der Waals surface area (Å²) < 4.78 is 32.9. The van der Waals surface area contributed by atoms with Gasteiger partial charge < -0.3 is 9.64 Å². The van der Waals surface area contributed by atoms with Gasteiger partial charge >= 0.3 is 6.09 Å². The Balaban J connectivity index is 1.97. The van der Waals surface area contributed by atoms with Gasteiger partial charge in [0.2, 0.25) is 10.0 Å². The first-order chi connectivity index (χ1) is 11.6. The molecule has 0 atom stereocenters. The number of ether oxygens (including phenoxy) is 1. The molecule has 0 aromatic heterocycles. The van der Waals surface area contributed by atoms with E-state index in [-0.39, 0.29) is 22.4 Å². The van der Waals surface area contributed by atoms with Crippen molar-refractivity contribution in [3.8, 4) is 0 Å². The molecule has 140 valence electrons. The van der Waals surface area contributed by atoms with Crippen LogP contribution in [0.15, 0.2) is 29.2 Å². The molecule has 0 aliphatic carbocycles. The van der Waals surface area contributed by atoms with Gasteiger partial charge in [-0.25, -0.2) is 17.9 Å². The van der Waals surface area contributed by atoms with E-state index in [1.807, 2.05) is 12.1 Å². The van der Waals surface area contributed by atoms with Crippen molar-refractivity contribution in [2.24, 2.45) is 0 Å². The van der Waals surface area contributed by atoms with Gasteiger partial charge in [0.1, 0.15) is 0 Å². The van der Waals surface area contributed by atoms with Crippen molar-refractivity contribution in [1.82, 2.24) is 9.62 Å². The summed E-state index contributed by atoms with van der Waals surface area (Å²) in [5.74, 6) is 0. The molecule has 1 aromatic rings. The number of nitrogens with zero attached hydrogens (tertiary/aromatic N) is 1. The second-order valence-corrected chi connectivity index (χ2v) is 9.07. The monoisotopic (exact) mass is 368 g/mol. The highest BCUT2D eigenvalue weighted by molar-refractivity contribution is 7.89. The molecule has 7 heteroatoms. The third-order valence-corrected chi connectivity index (χ3v) is 5.91. The first kappa shape index (κ1) is 19.7. The highest BCUT2D eigenvalue weighted by Crippen LogP contribution is 2.24. The molecule has 1 N–H and O–H groups in total. The van der Waals surface area contributed by atoms with Crippen LogP contribution < -0.4 is 4.72 Å². The van der Waals surface area contributed by atoms with Crippen LogP contribution in [-0.2, 0) is 20.2 Å². The summed E-state index contributed by atoms with van der Waals surface area (Å²) in [7, 11) is -3.55. The number of carbonyl (C=O) groups excluding carboxylic acids is 1. The summed E-state index contributed by atoms with van der Waals surface area (Å²) in [6, 6.07) is 6.85. The summed E-state index contributed by atoms with van der Waals surface area (Å²) in [6.07, 6.45) is 0.831. The Bertz CT molecular complexity index is 685. The van der Waals surface area contributed by atoms with Crippen molar-refractivity contribution < 1.29 is 17.9 Å². The summed E-state index contributed by atoms with van der Waals surface area (Å²) >= 11 is 0. The minimum atomic E-state index is -3.55. The van der Waals surface area contributed by atoms with Gasteiger partial charge in [0.25, 0.3) is 0 Å². The predicted molar refractivity (Wildman–Crippen MR) is 97.1 cm³/mol. The number of hydrogen-bond acceptors (Lipinski definition) is 4. The van der Waals surface area contributed by atoms with Crippen LogP contribution in [0.1, 0.15) is 46.1 Å². The Kier molecular flexibility index (Phi) is 6.11. The van der Waals surface area contributed by atoms with Gasteiger partial charge in [-0.3, -0.25) is 0 Å². The molecule has 1 saturated heterocycles. The smallest absolute Gasteiger partial charge is 0.409 e. The number of hydrogen-bond donors (Lipinski definition) is 1. The average molecular weight is 368 g/mol. The van der Waals surface area contributed by atoms with Crippen molar-refractivity contribution in [2.45, 2.75) is 56.9 Å². The molecule has 0 bridgehead atoms. The highest BCUT2D eigenvalue weighted by atomic mass is 32.2. The molecule has 0 unspecified atom stereocenters. The first-order valence-corrected chi connectivity index (χ1v) is 10.2. The molecule has 1 heterocycles. The SMILES string of the molecule is CCOC(=O)N1CCC(NS(=O)(=O)c2ccc(C(C)(C)C)cc2)CC1. The molecule has 1 aliphatic heterocycles. The zero-order valence-electron chi connectivity index (χ0n) is 15.4. The largest absolute Gasteiger partial charge is 0.450 e. The lowest BCUT2D eigenvalue weighted by Crippen LogP contribution is -2.46. The quantitative estimate of drug-likeness (QED) is 0.887. The van der Waals surface area contributed by atoms with E-state index in [9.17, 15) is 13.2 Å². The summed E-state index contributed by atoms with van der Waals surface area (Å²) in [5.41, 5.74) is 1.07. The van der Waals surface area contributed by atoms with E-state index in [2.05, 4.69) is 25.5 Å². The Morgan fingerprint density at radius 3 is 2.24 bits per heavy atom. The Labute approximate surface area is 150 Å². The fraction of sp³-hybridized carbons (Fsp3) is 0.611. The number of sulfonamides is 1. The van der Waals surface area contributed by atoms with Gasteiger partial charge in [-0.1, -0.05) is 32.9 Å². The van der Waals surface area contributed by atoms with Crippen LogP contribution in [0.25, 0.3) is 0 Å². The zero-order valence-corrected chi connectivity index (χ0v) is 16.2. The van der Waals surface area contributed by atoms with E-state index in [1.54, 1.807) is 24.0 Å². The fourth-order valence-electron chi connectivity index (χ4n) is 2.82. The standard InChI is InChI=1S/C18H28N2O4S/c1-5-24-17(21)20-12-10-15(11-13-20)19-25(22,23)16-8-6-14(7-9-16)18(2,3)4/h6-9,15,19H,5,10-13H2,1-4H3. The van der Waals surface area contributed by atoms with E-state index in [0.29, 0.717) is 32.5 Å². The molecule has 1 aliphatic rings. The highest BCUT2D eigenvalue weighted by Gasteiger charge is 2.27. The average Bonchev–Trinajstić information content (AvgIpc) is 2.55. The van der Waals surface area contributed by atoms with E-state index >= 15 is 0 Å². The van der Waals surface area contributed by atoms with E-state index in [0.717, 1.165) is 5.56 Å². The Morgan fingerprint density at radius 2 is 1.76 bits per heavy atom. The number of piperidine rings is 1. The second-order valence-electron chi connectivity index (χ2n) is 7.36. The molecule has 0 spiro atoms. The topological polar surface area (TPSA) is 75.7 Å². The predicted octanol–water partition coefficient (Wildman–Crippen LogP) is 2.88. The van der Waals surface area contributed by atoms with Crippen LogP contribution in [-0.4, -0.2) is 45.1 Å². The third kappa shape index (κ3) is 5.19. The summed E-state index contributed by atoms with van der Waals surface area (Å²) in [5, 5.41) is 0. The van der Waals surface area contributed by atoms with Crippen LogP contribution >= 0.6 is 0 Å². The summed E-state index contributed by atoms with van der Waals surface area (Å²) in [6.45, 7) is 9.37. The first-order valence-electron chi connectivity index (χ1n) is 8.68. The van der Waals surface area contributed by atoms with Crippen molar-refractivity contribution in [3.05, 3.63) is 29.8 Å². The minimum Gasteiger partial charge on any atom is -0.450 e. The van der Waals surface area contributed by atoms with Gasteiger partial charge in [0.15, 0.2) is 0 Å². The van der Waals surface area contributed by atoms with Crippen LogP contribution in [0.5, 0.6) is 0 Å². The molecule has 1 fully saturated rings. The van der Waals surface area contributed by atoms with Gasteiger partial charge in [0, 0.05) is 19.1 Å². The maximum atomic E-state index is 12.6. The van der Waals surface area contributed by atoms with Crippen molar-refractivity contribution in [3.63, 3.8) is 0 Å². The number of benzene rings is 1. The number of rotatable bonds is 4. The lowest BCUT2D eigenvalue weighted by molar-refractivity contribution is 0.0966. The molecule has 1 aromatic carbocycles. The maximum absolute atomic E-state index is 12.6. The zero-order chi connectivity index (χ0) is 18.7.